The Morgan fingerprint density at radius 2 is 1.83 bits per heavy atom. The summed E-state index contributed by atoms with van der Waals surface area (Å²) in [6.07, 6.45) is 1.46. The fraction of sp³-hybridized carbons (Fsp3) is 0.350. The number of amides is 1. The molecule has 0 aromatic heterocycles. The molecular formula is C20H23N3O5S. The Bertz CT molecular complexity index is 997. The van der Waals surface area contributed by atoms with Gasteiger partial charge in [-0.1, -0.05) is 13.0 Å². The van der Waals surface area contributed by atoms with Crippen LogP contribution < -0.4 is 10.2 Å². The number of rotatable bonds is 6. The van der Waals surface area contributed by atoms with Gasteiger partial charge in [-0.3, -0.25) is 14.9 Å². The molecule has 2 aromatic rings. The number of nitro benzene ring substituents is 1. The molecule has 0 aliphatic carbocycles. The van der Waals surface area contributed by atoms with Crippen molar-refractivity contribution in [2.75, 3.05) is 23.7 Å². The van der Waals surface area contributed by atoms with Crippen LogP contribution in [0.25, 0.3) is 0 Å². The largest absolute Gasteiger partial charge is 0.371 e. The van der Waals surface area contributed by atoms with Gasteiger partial charge in [0, 0.05) is 42.5 Å². The van der Waals surface area contributed by atoms with Gasteiger partial charge in [0.25, 0.3) is 11.6 Å². The second-order valence-corrected chi connectivity index (χ2v) is 9.22. The van der Waals surface area contributed by atoms with Crippen LogP contribution in [0.15, 0.2) is 53.4 Å². The van der Waals surface area contributed by atoms with Gasteiger partial charge in [-0.25, -0.2) is 8.42 Å². The summed E-state index contributed by atoms with van der Waals surface area (Å²) in [6, 6.07) is 12.5. The zero-order valence-corrected chi connectivity index (χ0v) is 16.9. The maximum atomic E-state index is 12.4. The Labute approximate surface area is 169 Å². The zero-order valence-electron chi connectivity index (χ0n) is 16.1. The molecule has 154 valence electrons. The molecule has 3 rings (SSSR count). The minimum absolute atomic E-state index is 0.0160. The van der Waals surface area contributed by atoms with Crippen LogP contribution in [0.1, 0.15) is 30.1 Å². The van der Waals surface area contributed by atoms with E-state index in [0.717, 1.165) is 31.6 Å². The van der Waals surface area contributed by atoms with Crippen molar-refractivity contribution in [2.24, 2.45) is 0 Å². The van der Waals surface area contributed by atoms with Crippen LogP contribution in [-0.4, -0.2) is 44.1 Å². The normalized spacial score (nSPS) is 15.1. The van der Waals surface area contributed by atoms with Crippen molar-refractivity contribution in [1.29, 1.82) is 0 Å². The fourth-order valence-electron chi connectivity index (χ4n) is 3.34. The second kappa shape index (κ2) is 8.60. The predicted molar refractivity (Wildman–Crippen MR) is 110 cm³/mol. The minimum atomic E-state index is -3.21. The van der Waals surface area contributed by atoms with E-state index in [1.165, 1.54) is 18.2 Å². The molecule has 0 radical (unpaired) electrons. The highest BCUT2D eigenvalue weighted by molar-refractivity contribution is 7.91. The highest BCUT2D eigenvalue weighted by Gasteiger charge is 2.22. The van der Waals surface area contributed by atoms with Crippen LogP contribution in [0.2, 0.25) is 0 Å². The van der Waals surface area contributed by atoms with Crippen LogP contribution in [-0.2, 0) is 9.84 Å². The van der Waals surface area contributed by atoms with Gasteiger partial charge in [0.05, 0.1) is 15.6 Å². The number of carbonyl (C=O) groups is 1. The molecule has 0 spiro atoms. The number of piperidine rings is 1. The van der Waals surface area contributed by atoms with E-state index in [4.69, 9.17) is 0 Å². The van der Waals surface area contributed by atoms with Crippen molar-refractivity contribution in [3.8, 4) is 0 Å². The second-order valence-electron chi connectivity index (χ2n) is 6.94. The molecular weight excluding hydrogens is 394 g/mol. The lowest BCUT2D eigenvalue weighted by molar-refractivity contribution is -0.384. The fourth-order valence-corrected chi connectivity index (χ4v) is 4.23. The molecule has 0 atom stereocenters. The summed E-state index contributed by atoms with van der Waals surface area (Å²) in [5.41, 5.74) is 1.11. The summed E-state index contributed by atoms with van der Waals surface area (Å²) in [6.45, 7) is 3.06. The number of nitrogens with zero attached hydrogens (tertiary/aromatic N) is 2. The summed E-state index contributed by atoms with van der Waals surface area (Å²) in [7, 11) is -3.21. The van der Waals surface area contributed by atoms with Crippen LogP contribution >= 0.6 is 0 Å². The van der Waals surface area contributed by atoms with Gasteiger partial charge in [-0.05, 0) is 43.2 Å². The summed E-state index contributed by atoms with van der Waals surface area (Å²) >= 11 is 0. The highest BCUT2D eigenvalue weighted by atomic mass is 32.2. The lowest BCUT2D eigenvalue weighted by atomic mass is 10.0. The van der Waals surface area contributed by atoms with Gasteiger partial charge in [-0.15, -0.1) is 0 Å². The number of nitrogens with one attached hydrogen (secondary N) is 1. The molecule has 1 fully saturated rings. The Balaban J connectivity index is 1.57. The summed E-state index contributed by atoms with van der Waals surface area (Å²) in [5.74, 6) is -0.247. The first-order chi connectivity index (χ1) is 13.8. The number of non-ortho nitro benzene ring substituents is 1. The van der Waals surface area contributed by atoms with Gasteiger partial charge in [-0.2, -0.15) is 0 Å². The quantitative estimate of drug-likeness (QED) is 0.572. The van der Waals surface area contributed by atoms with Crippen molar-refractivity contribution >= 4 is 27.1 Å². The number of hydrogen-bond acceptors (Lipinski definition) is 6. The van der Waals surface area contributed by atoms with Crippen molar-refractivity contribution < 1.29 is 18.1 Å². The van der Waals surface area contributed by atoms with E-state index in [9.17, 15) is 23.3 Å². The average molecular weight is 417 g/mol. The zero-order chi connectivity index (χ0) is 21.0. The van der Waals surface area contributed by atoms with E-state index in [1.807, 2.05) is 12.1 Å². The maximum Gasteiger partial charge on any atom is 0.270 e. The van der Waals surface area contributed by atoms with E-state index >= 15 is 0 Å². The SMILES string of the molecule is CCS(=O)(=O)c1ccc(N2CCC(NC(=O)c3cccc([N+](=O)[O-])c3)CC2)cc1. The predicted octanol–water partition coefficient (Wildman–Crippen LogP) is 2.79. The molecule has 0 bridgehead atoms. The first-order valence-corrected chi connectivity index (χ1v) is 11.1. The van der Waals surface area contributed by atoms with E-state index in [-0.39, 0.29) is 29.0 Å². The standard InChI is InChI=1S/C20H23N3O5S/c1-2-29(27,28)19-8-6-17(7-9-19)22-12-10-16(11-13-22)21-20(24)15-4-3-5-18(14-15)23(25)26/h3-9,14,16H,2,10-13H2,1H3,(H,21,24). The number of hydrogen-bond donors (Lipinski definition) is 1. The molecule has 0 unspecified atom stereocenters. The Hall–Kier alpha value is -2.94. The van der Waals surface area contributed by atoms with E-state index in [2.05, 4.69) is 10.2 Å². The van der Waals surface area contributed by atoms with Crippen molar-refractivity contribution in [3.63, 3.8) is 0 Å². The van der Waals surface area contributed by atoms with Gasteiger partial charge in [0.15, 0.2) is 9.84 Å². The molecule has 1 saturated heterocycles. The number of anilines is 1. The molecule has 1 heterocycles. The molecule has 1 aliphatic heterocycles. The van der Waals surface area contributed by atoms with Gasteiger partial charge in [0.1, 0.15) is 0 Å². The smallest absolute Gasteiger partial charge is 0.270 e. The molecule has 0 saturated carbocycles. The third kappa shape index (κ3) is 4.92. The molecule has 9 heteroatoms. The monoisotopic (exact) mass is 417 g/mol. The van der Waals surface area contributed by atoms with E-state index in [1.54, 1.807) is 25.1 Å². The number of carbonyl (C=O) groups excluding carboxylic acids is 1. The molecule has 1 N–H and O–H groups in total. The number of benzene rings is 2. The Morgan fingerprint density at radius 1 is 1.17 bits per heavy atom. The van der Waals surface area contributed by atoms with Crippen LogP contribution in [0.4, 0.5) is 11.4 Å². The van der Waals surface area contributed by atoms with Gasteiger partial charge >= 0.3 is 0 Å². The van der Waals surface area contributed by atoms with Crippen LogP contribution in [0.5, 0.6) is 0 Å². The third-order valence-electron chi connectivity index (χ3n) is 5.09. The number of sulfone groups is 1. The number of nitro groups is 1. The summed E-state index contributed by atoms with van der Waals surface area (Å²) in [5, 5.41) is 13.8. The Morgan fingerprint density at radius 3 is 2.41 bits per heavy atom. The van der Waals surface area contributed by atoms with E-state index in [0.29, 0.717) is 4.90 Å². The van der Waals surface area contributed by atoms with Crippen LogP contribution in [0, 0.1) is 10.1 Å². The minimum Gasteiger partial charge on any atom is -0.371 e. The molecule has 8 nitrogen and oxygen atoms in total. The maximum absolute atomic E-state index is 12.4. The first kappa shape index (κ1) is 20.8. The lowest BCUT2D eigenvalue weighted by Gasteiger charge is -2.34. The van der Waals surface area contributed by atoms with E-state index < -0.39 is 14.8 Å². The molecule has 1 amide bonds. The third-order valence-corrected chi connectivity index (χ3v) is 6.84. The molecule has 2 aromatic carbocycles. The van der Waals surface area contributed by atoms with Crippen molar-refractivity contribution in [1.82, 2.24) is 5.32 Å². The van der Waals surface area contributed by atoms with Crippen molar-refractivity contribution in [3.05, 3.63) is 64.2 Å². The Kier molecular flexibility index (Phi) is 6.17. The lowest BCUT2D eigenvalue weighted by Crippen LogP contribution is -2.44. The van der Waals surface area contributed by atoms with Gasteiger partial charge in [0.2, 0.25) is 0 Å². The molecule has 29 heavy (non-hydrogen) atoms. The van der Waals surface area contributed by atoms with Gasteiger partial charge < -0.3 is 10.2 Å². The first-order valence-electron chi connectivity index (χ1n) is 9.43. The summed E-state index contributed by atoms with van der Waals surface area (Å²) < 4.78 is 23.8. The average Bonchev–Trinajstić information content (AvgIpc) is 2.74. The topological polar surface area (TPSA) is 110 Å². The molecule has 1 aliphatic rings. The van der Waals surface area contributed by atoms with Crippen LogP contribution in [0.3, 0.4) is 0 Å². The van der Waals surface area contributed by atoms with Crippen molar-refractivity contribution in [2.45, 2.75) is 30.7 Å². The highest BCUT2D eigenvalue weighted by Crippen LogP contribution is 2.23. The summed E-state index contributed by atoms with van der Waals surface area (Å²) in [4.78, 5) is 25.2.